The lowest BCUT2D eigenvalue weighted by Gasteiger charge is -2.05. The molecule has 1 rings (SSSR count). The fraction of sp³-hybridized carbons (Fsp3) is 0.556. The highest BCUT2D eigenvalue weighted by Gasteiger charge is 1.98. The summed E-state index contributed by atoms with van der Waals surface area (Å²) in [7, 11) is 0. The molecule has 0 aliphatic heterocycles. The number of hydrogen-bond donors (Lipinski definition) is 1. The van der Waals surface area contributed by atoms with Crippen molar-refractivity contribution in [1.29, 1.82) is 0 Å². The fourth-order valence-electron chi connectivity index (χ4n) is 1.12. The first kappa shape index (κ1) is 7.55. The summed E-state index contributed by atoms with van der Waals surface area (Å²) in [5.41, 5.74) is 5.79. The van der Waals surface area contributed by atoms with Crippen LogP contribution in [0.15, 0.2) is 24.3 Å². The molecule has 1 unspecified atom stereocenters. The Kier molecular flexibility index (Phi) is 3.23. The van der Waals surface area contributed by atoms with E-state index in [9.17, 15) is 0 Å². The molecule has 0 aromatic heterocycles. The van der Waals surface area contributed by atoms with Crippen molar-refractivity contribution < 1.29 is 1.43 Å². The number of hydrogen-bond acceptors (Lipinski definition) is 1. The first-order valence-electron chi connectivity index (χ1n) is 3.97. The van der Waals surface area contributed by atoms with E-state index in [-0.39, 0.29) is 1.43 Å². The third-order valence-electron chi connectivity index (χ3n) is 1.77. The van der Waals surface area contributed by atoms with Crippen molar-refractivity contribution in [2.45, 2.75) is 31.7 Å². The first-order valence-corrected chi connectivity index (χ1v) is 3.97. The Bertz CT molecular complexity index is 140. The Hall–Kier alpha value is -0.560. The lowest BCUT2D eigenvalue weighted by molar-refractivity contribution is 0.594. The molecular formula is C9H17N. The molecule has 0 spiro atoms. The van der Waals surface area contributed by atoms with Gasteiger partial charge in [0, 0.05) is 7.47 Å². The summed E-state index contributed by atoms with van der Waals surface area (Å²) in [6.45, 7) is 0. The van der Waals surface area contributed by atoms with E-state index < -0.39 is 0 Å². The van der Waals surface area contributed by atoms with E-state index in [2.05, 4.69) is 24.3 Å². The van der Waals surface area contributed by atoms with Crippen LogP contribution in [0.5, 0.6) is 0 Å². The Morgan fingerprint density at radius 2 is 2.10 bits per heavy atom. The second-order valence-corrected chi connectivity index (χ2v) is 2.78. The van der Waals surface area contributed by atoms with Crippen LogP contribution >= 0.6 is 0 Å². The van der Waals surface area contributed by atoms with Gasteiger partial charge in [0.05, 0.1) is 0 Å². The van der Waals surface area contributed by atoms with Gasteiger partial charge in [-0.15, -0.1) is 0 Å². The quantitative estimate of drug-likeness (QED) is 0.547. The van der Waals surface area contributed by atoms with Gasteiger partial charge in [-0.1, -0.05) is 24.3 Å². The van der Waals surface area contributed by atoms with Crippen LogP contribution in [-0.4, -0.2) is 6.04 Å². The van der Waals surface area contributed by atoms with Crippen LogP contribution in [0.3, 0.4) is 0 Å². The Morgan fingerprint density at radius 3 is 3.00 bits per heavy atom. The number of rotatable bonds is 0. The van der Waals surface area contributed by atoms with E-state index >= 15 is 0 Å². The van der Waals surface area contributed by atoms with Crippen molar-refractivity contribution in [3.05, 3.63) is 24.3 Å². The summed E-state index contributed by atoms with van der Waals surface area (Å²) >= 11 is 0. The van der Waals surface area contributed by atoms with Gasteiger partial charge in [-0.2, -0.15) is 0 Å². The number of allylic oxidation sites excluding steroid dienone is 3. The third-order valence-corrected chi connectivity index (χ3v) is 1.77. The van der Waals surface area contributed by atoms with Gasteiger partial charge in [-0.25, -0.2) is 0 Å². The van der Waals surface area contributed by atoms with E-state index in [1.807, 2.05) is 0 Å². The minimum Gasteiger partial charge on any atom is -0.327 e. The van der Waals surface area contributed by atoms with Gasteiger partial charge < -0.3 is 5.73 Å². The highest BCUT2D eigenvalue weighted by atomic mass is 14.6. The zero-order valence-corrected chi connectivity index (χ0v) is 6.29. The summed E-state index contributed by atoms with van der Waals surface area (Å²) in [6.07, 6.45) is 13.2. The van der Waals surface area contributed by atoms with Crippen molar-refractivity contribution >= 4 is 0 Å². The van der Waals surface area contributed by atoms with Crippen LogP contribution in [-0.2, 0) is 0 Å². The first-order chi connectivity index (χ1) is 4.89. The SMILES string of the molecule is NC1C/C=C\C=C/CCC1.[HH]. The molecule has 0 aromatic carbocycles. The molecule has 1 aliphatic carbocycles. The summed E-state index contributed by atoms with van der Waals surface area (Å²) in [5, 5.41) is 0. The molecule has 0 bridgehead atoms. The van der Waals surface area contributed by atoms with E-state index in [1.165, 1.54) is 12.8 Å². The van der Waals surface area contributed by atoms with Crippen LogP contribution in [0, 0.1) is 0 Å². The molecule has 0 amide bonds. The topological polar surface area (TPSA) is 26.0 Å². The second kappa shape index (κ2) is 4.29. The Morgan fingerprint density at radius 1 is 1.30 bits per heavy atom. The van der Waals surface area contributed by atoms with Crippen LogP contribution in [0.2, 0.25) is 0 Å². The summed E-state index contributed by atoms with van der Waals surface area (Å²) < 4.78 is 0. The predicted molar refractivity (Wildman–Crippen MR) is 46.8 cm³/mol. The van der Waals surface area contributed by atoms with Gasteiger partial charge >= 0.3 is 0 Å². The van der Waals surface area contributed by atoms with E-state index in [0.29, 0.717) is 6.04 Å². The maximum Gasteiger partial charge on any atom is 0.00736 e. The molecule has 1 heteroatoms. The van der Waals surface area contributed by atoms with E-state index in [0.717, 1.165) is 12.8 Å². The zero-order valence-electron chi connectivity index (χ0n) is 6.29. The minimum atomic E-state index is 0. The second-order valence-electron chi connectivity index (χ2n) is 2.78. The van der Waals surface area contributed by atoms with Crippen LogP contribution in [0.25, 0.3) is 0 Å². The molecule has 0 radical (unpaired) electrons. The van der Waals surface area contributed by atoms with Crippen molar-refractivity contribution in [2.75, 3.05) is 0 Å². The average Bonchev–Trinajstić information content (AvgIpc) is 2.02. The van der Waals surface area contributed by atoms with E-state index in [4.69, 9.17) is 5.73 Å². The van der Waals surface area contributed by atoms with Gasteiger partial charge in [-0.05, 0) is 25.7 Å². The van der Waals surface area contributed by atoms with Gasteiger partial charge in [0.2, 0.25) is 0 Å². The molecular weight excluding hydrogens is 122 g/mol. The maximum atomic E-state index is 5.79. The van der Waals surface area contributed by atoms with Crippen LogP contribution < -0.4 is 5.73 Å². The van der Waals surface area contributed by atoms with Crippen LogP contribution in [0.1, 0.15) is 27.1 Å². The average molecular weight is 139 g/mol. The lowest BCUT2D eigenvalue weighted by atomic mass is 10.1. The van der Waals surface area contributed by atoms with Gasteiger partial charge in [0.1, 0.15) is 0 Å². The summed E-state index contributed by atoms with van der Waals surface area (Å²) in [4.78, 5) is 0. The highest BCUT2D eigenvalue weighted by Crippen LogP contribution is 2.05. The molecule has 2 N–H and O–H groups in total. The normalized spacial score (nSPS) is 33.5. The largest absolute Gasteiger partial charge is 0.327 e. The molecule has 1 aliphatic rings. The maximum absolute atomic E-state index is 5.79. The fourth-order valence-corrected chi connectivity index (χ4v) is 1.12. The smallest absolute Gasteiger partial charge is 0.00736 e. The van der Waals surface area contributed by atoms with Crippen molar-refractivity contribution in [2.24, 2.45) is 5.73 Å². The minimum absolute atomic E-state index is 0. The molecule has 58 valence electrons. The molecule has 1 nitrogen and oxygen atoms in total. The Balaban J connectivity index is 0.000001000. The van der Waals surface area contributed by atoms with Crippen molar-refractivity contribution in [1.82, 2.24) is 0 Å². The molecule has 0 aromatic rings. The standard InChI is InChI=1S/C9H15N.H2/c10-9-7-5-3-1-2-4-6-8-9;/h1-3,5,9H,4,6-8,10H2;1H/b2-1-,5-3-;. The monoisotopic (exact) mass is 139 g/mol. The Labute approximate surface area is 64.1 Å². The van der Waals surface area contributed by atoms with Gasteiger partial charge in [0.15, 0.2) is 0 Å². The lowest BCUT2D eigenvalue weighted by Crippen LogP contribution is -2.18. The molecule has 0 saturated heterocycles. The van der Waals surface area contributed by atoms with Crippen LogP contribution in [0.4, 0.5) is 0 Å². The molecule has 10 heavy (non-hydrogen) atoms. The number of nitrogens with two attached hydrogens (primary N) is 1. The van der Waals surface area contributed by atoms with E-state index in [1.54, 1.807) is 0 Å². The van der Waals surface area contributed by atoms with Crippen molar-refractivity contribution in [3.8, 4) is 0 Å². The van der Waals surface area contributed by atoms with Gasteiger partial charge in [0.25, 0.3) is 0 Å². The highest BCUT2D eigenvalue weighted by molar-refractivity contribution is 5.04. The van der Waals surface area contributed by atoms with Gasteiger partial charge in [-0.3, -0.25) is 0 Å². The van der Waals surface area contributed by atoms with Crippen molar-refractivity contribution in [3.63, 3.8) is 0 Å². The molecule has 0 fully saturated rings. The molecule has 0 heterocycles. The molecule has 1 atom stereocenters. The third kappa shape index (κ3) is 2.83. The zero-order chi connectivity index (χ0) is 7.23. The predicted octanol–water partition coefficient (Wildman–Crippen LogP) is 2.25. The molecule has 0 saturated carbocycles. The summed E-state index contributed by atoms with van der Waals surface area (Å²) in [5.74, 6) is 0. The summed E-state index contributed by atoms with van der Waals surface area (Å²) in [6, 6.07) is 0.385.